The molecule has 0 atom stereocenters. The average Bonchev–Trinajstić information content (AvgIpc) is 2.28. The van der Waals surface area contributed by atoms with Crippen molar-refractivity contribution in [2.45, 2.75) is 6.42 Å². The fourth-order valence-electron chi connectivity index (χ4n) is 1.32. The molecule has 1 aliphatic heterocycles. The lowest BCUT2D eigenvalue weighted by Crippen LogP contribution is -2.10. The fraction of sp³-hybridized carbons (Fsp3) is 0.222. The Morgan fingerprint density at radius 2 is 2.14 bits per heavy atom. The van der Waals surface area contributed by atoms with Gasteiger partial charge in [0.2, 0.25) is 5.91 Å². The third-order valence-electron chi connectivity index (χ3n) is 2.00. The molecule has 0 spiro atoms. The van der Waals surface area contributed by atoms with Crippen LogP contribution in [0.25, 0.3) is 0 Å². The van der Waals surface area contributed by atoms with Gasteiger partial charge in [-0.3, -0.25) is 4.79 Å². The van der Waals surface area contributed by atoms with E-state index < -0.39 is 5.82 Å². The van der Waals surface area contributed by atoms with Crippen molar-refractivity contribution in [2.24, 2.45) is 0 Å². The standard InChI is InChI=1S/C9H8ClFN2O/c10-5-3-8-7(4-6(5)11)12-2-1-9(14)13-8/h3-4,12H,1-2H2,(H,13,14). The number of hydrogen-bond donors (Lipinski definition) is 2. The highest BCUT2D eigenvalue weighted by atomic mass is 35.5. The van der Waals surface area contributed by atoms with Gasteiger partial charge in [0.15, 0.2) is 0 Å². The van der Waals surface area contributed by atoms with E-state index in [1.54, 1.807) is 0 Å². The molecular formula is C9H8ClFN2O. The van der Waals surface area contributed by atoms with Gasteiger partial charge in [-0.05, 0) is 6.07 Å². The number of fused-ring (bicyclic) bond motifs is 1. The molecule has 3 nitrogen and oxygen atoms in total. The third-order valence-corrected chi connectivity index (χ3v) is 2.29. The summed E-state index contributed by atoms with van der Waals surface area (Å²) < 4.78 is 13.1. The number of amides is 1. The Kier molecular flexibility index (Phi) is 2.29. The van der Waals surface area contributed by atoms with E-state index in [0.29, 0.717) is 24.3 Å². The van der Waals surface area contributed by atoms with Crippen LogP contribution in [0, 0.1) is 5.82 Å². The summed E-state index contributed by atoms with van der Waals surface area (Å²) in [6.07, 6.45) is 0.369. The van der Waals surface area contributed by atoms with Crippen LogP contribution < -0.4 is 10.6 Å². The average molecular weight is 215 g/mol. The molecule has 0 saturated carbocycles. The van der Waals surface area contributed by atoms with Crippen molar-refractivity contribution < 1.29 is 9.18 Å². The molecule has 0 bridgehead atoms. The molecule has 0 fully saturated rings. The van der Waals surface area contributed by atoms with Crippen LogP contribution in [-0.4, -0.2) is 12.5 Å². The van der Waals surface area contributed by atoms with Crippen molar-refractivity contribution in [1.82, 2.24) is 0 Å². The van der Waals surface area contributed by atoms with Crippen LogP contribution in [0.1, 0.15) is 6.42 Å². The molecule has 2 rings (SSSR count). The number of benzene rings is 1. The van der Waals surface area contributed by atoms with Gasteiger partial charge in [0, 0.05) is 19.0 Å². The van der Waals surface area contributed by atoms with Crippen LogP contribution >= 0.6 is 11.6 Å². The van der Waals surface area contributed by atoms with Crippen LogP contribution in [0.4, 0.5) is 15.8 Å². The minimum atomic E-state index is -0.492. The molecule has 74 valence electrons. The molecule has 0 unspecified atom stereocenters. The highest BCUT2D eigenvalue weighted by Crippen LogP contribution is 2.29. The Morgan fingerprint density at radius 3 is 2.93 bits per heavy atom. The highest BCUT2D eigenvalue weighted by Gasteiger charge is 2.14. The second-order valence-electron chi connectivity index (χ2n) is 3.04. The molecule has 14 heavy (non-hydrogen) atoms. The van der Waals surface area contributed by atoms with Crippen molar-refractivity contribution in [3.8, 4) is 0 Å². The molecule has 1 aromatic carbocycles. The Balaban J connectivity index is 2.46. The summed E-state index contributed by atoms with van der Waals surface area (Å²) in [6.45, 7) is 0.500. The second-order valence-corrected chi connectivity index (χ2v) is 3.44. The van der Waals surface area contributed by atoms with Crippen LogP contribution in [0.5, 0.6) is 0 Å². The molecular weight excluding hydrogens is 207 g/mol. The molecule has 0 saturated heterocycles. The zero-order valence-electron chi connectivity index (χ0n) is 7.23. The molecule has 0 aliphatic carbocycles. The van der Waals surface area contributed by atoms with E-state index in [2.05, 4.69) is 10.6 Å². The molecule has 1 aromatic rings. The second kappa shape index (κ2) is 3.46. The van der Waals surface area contributed by atoms with Gasteiger partial charge >= 0.3 is 0 Å². The number of rotatable bonds is 0. The SMILES string of the molecule is O=C1CCNc2cc(F)c(Cl)cc2N1. The Bertz CT molecular complexity index is 395. The van der Waals surface area contributed by atoms with E-state index in [4.69, 9.17) is 11.6 Å². The van der Waals surface area contributed by atoms with Crippen molar-refractivity contribution in [3.63, 3.8) is 0 Å². The molecule has 1 amide bonds. The quantitative estimate of drug-likeness (QED) is 0.696. The molecule has 0 aromatic heterocycles. The van der Waals surface area contributed by atoms with E-state index in [-0.39, 0.29) is 10.9 Å². The lowest BCUT2D eigenvalue weighted by Gasteiger charge is -2.08. The number of carbonyl (C=O) groups excluding carboxylic acids is 1. The van der Waals surface area contributed by atoms with Gasteiger partial charge in [0.25, 0.3) is 0 Å². The summed E-state index contributed by atoms with van der Waals surface area (Å²) in [5, 5.41) is 5.59. The van der Waals surface area contributed by atoms with Gasteiger partial charge in [0.1, 0.15) is 5.82 Å². The maximum Gasteiger partial charge on any atom is 0.226 e. The Labute approximate surface area is 85.3 Å². The largest absolute Gasteiger partial charge is 0.383 e. The minimum Gasteiger partial charge on any atom is -0.383 e. The Morgan fingerprint density at radius 1 is 1.36 bits per heavy atom. The van der Waals surface area contributed by atoms with Crippen LogP contribution in [0.2, 0.25) is 5.02 Å². The predicted molar refractivity (Wildman–Crippen MR) is 53.1 cm³/mol. The van der Waals surface area contributed by atoms with Gasteiger partial charge in [0.05, 0.1) is 16.4 Å². The van der Waals surface area contributed by atoms with Crippen LogP contribution in [-0.2, 0) is 4.79 Å². The normalized spacial score (nSPS) is 15.1. The van der Waals surface area contributed by atoms with Gasteiger partial charge in [-0.2, -0.15) is 0 Å². The minimum absolute atomic E-state index is 0.00718. The first-order valence-electron chi connectivity index (χ1n) is 4.19. The number of anilines is 2. The van der Waals surface area contributed by atoms with E-state index in [1.807, 2.05) is 0 Å². The van der Waals surface area contributed by atoms with Crippen LogP contribution in [0.15, 0.2) is 12.1 Å². The van der Waals surface area contributed by atoms with Gasteiger partial charge in [-0.25, -0.2) is 4.39 Å². The van der Waals surface area contributed by atoms with Crippen molar-refractivity contribution in [3.05, 3.63) is 23.0 Å². The molecule has 1 heterocycles. The van der Waals surface area contributed by atoms with Crippen molar-refractivity contribution in [1.29, 1.82) is 0 Å². The summed E-state index contributed by atoms with van der Waals surface area (Å²) in [6, 6.07) is 2.69. The Hall–Kier alpha value is -1.29. The van der Waals surface area contributed by atoms with E-state index in [1.165, 1.54) is 12.1 Å². The predicted octanol–water partition coefficient (Wildman–Crippen LogP) is 2.23. The lowest BCUT2D eigenvalue weighted by molar-refractivity contribution is -0.115. The van der Waals surface area contributed by atoms with Crippen molar-refractivity contribution >= 4 is 28.9 Å². The van der Waals surface area contributed by atoms with Gasteiger partial charge in [-0.15, -0.1) is 0 Å². The van der Waals surface area contributed by atoms with E-state index in [9.17, 15) is 9.18 Å². The first-order valence-corrected chi connectivity index (χ1v) is 4.57. The number of hydrogen-bond acceptors (Lipinski definition) is 2. The first kappa shape index (κ1) is 9.27. The summed E-state index contributed by atoms with van der Waals surface area (Å²) >= 11 is 5.59. The molecule has 1 aliphatic rings. The molecule has 2 N–H and O–H groups in total. The monoisotopic (exact) mass is 214 g/mol. The topological polar surface area (TPSA) is 41.1 Å². The van der Waals surface area contributed by atoms with Crippen LogP contribution in [0.3, 0.4) is 0 Å². The summed E-state index contributed by atoms with van der Waals surface area (Å²) in [7, 11) is 0. The number of carbonyl (C=O) groups is 1. The van der Waals surface area contributed by atoms with Gasteiger partial charge < -0.3 is 10.6 Å². The van der Waals surface area contributed by atoms with E-state index >= 15 is 0 Å². The number of halogens is 2. The lowest BCUT2D eigenvalue weighted by atomic mass is 10.2. The van der Waals surface area contributed by atoms with Gasteiger partial charge in [-0.1, -0.05) is 11.6 Å². The summed E-state index contributed by atoms with van der Waals surface area (Å²) in [5.41, 5.74) is 1.09. The van der Waals surface area contributed by atoms with E-state index in [0.717, 1.165) is 0 Å². The third kappa shape index (κ3) is 1.65. The van der Waals surface area contributed by atoms with Crippen molar-refractivity contribution in [2.75, 3.05) is 17.2 Å². The maximum atomic E-state index is 13.1. The summed E-state index contributed by atoms with van der Waals surface area (Å²) in [5.74, 6) is -0.590. The zero-order chi connectivity index (χ0) is 10.1. The first-order chi connectivity index (χ1) is 6.66. The summed E-state index contributed by atoms with van der Waals surface area (Å²) in [4.78, 5) is 11.2. The highest BCUT2D eigenvalue weighted by molar-refractivity contribution is 6.31. The molecule has 5 heteroatoms. The molecule has 0 radical (unpaired) electrons. The zero-order valence-corrected chi connectivity index (χ0v) is 7.99. The smallest absolute Gasteiger partial charge is 0.226 e. The number of nitrogens with one attached hydrogen (secondary N) is 2. The maximum absolute atomic E-state index is 13.1. The fourth-order valence-corrected chi connectivity index (χ4v) is 1.48.